The van der Waals surface area contributed by atoms with E-state index in [-0.39, 0.29) is 5.82 Å². The molecule has 4 nitrogen and oxygen atoms in total. The van der Waals surface area contributed by atoms with Crippen molar-refractivity contribution < 1.29 is 14.2 Å². The van der Waals surface area contributed by atoms with Crippen molar-refractivity contribution in [3.63, 3.8) is 0 Å². The maximum absolute atomic E-state index is 13.6. The molecule has 1 saturated heterocycles. The van der Waals surface area contributed by atoms with E-state index < -0.39 is 6.10 Å². The van der Waals surface area contributed by atoms with Crippen molar-refractivity contribution in [2.24, 2.45) is 0 Å². The molecule has 19 heavy (non-hydrogen) atoms. The van der Waals surface area contributed by atoms with Gasteiger partial charge in [0.1, 0.15) is 11.6 Å². The molecule has 5 heteroatoms. The van der Waals surface area contributed by atoms with Crippen LogP contribution >= 0.6 is 0 Å². The maximum atomic E-state index is 13.6. The minimum Gasteiger partial charge on any atom is -0.497 e. The minimum absolute atomic E-state index is 0.334. The quantitative estimate of drug-likeness (QED) is 0.824. The third-order valence-corrected chi connectivity index (χ3v) is 3.37. The number of benzene rings is 1. The molecule has 0 amide bonds. The second-order valence-corrected chi connectivity index (χ2v) is 4.89. The van der Waals surface area contributed by atoms with Gasteiger partial charge in [-0.25, -0.2) is 4.39 Å². The number of β-amino-alcohol motifs (C(OH)–C–C–N with tert-alkyl or cyclic N) is 1. The van der Waals surface area contributed by atoms with Crippen molar-refractivity contribution in [2.75, 3.05) is 38.6 Å². The number of anilines is 1. The Morgan fingerprint density at radius 1 is 1.42 bits per heavy atom. The largest absolute Gasteiger partial charge is 0.497 e. The summed E-state index contributed by atoms with van der Waals surface area (Å²) in [5, 5.41) is 12.9. The summed E-state index contributed by atoms with van der Waals surface area (Å²) >= 11 is 0. The van der Waals surface area contributed by atoms with Crippen molar-refractivity contribution in [3.8, 4) is 5.75 Å². The lowest BCUT2D eigenvalue weighted by Crippen LogP contribution is -2.34. The lowest BCUT2D eigenvalue weighted by atomic mass is 10.2. The van der Waals surface area contributed by atoms with Crippen LogP contribution in [0.2, 0.25) is 0 Å². The Morgan fingerprint density at radius 2 is 2.16 bits per heavy atom. The van der Waals surface area contributed by atoms with Crippen molar-refractivity contribution in [3.05, 3.63) is 24.0 Å². The lowest BCUT2D eigenvalue weighted by molar-refractivity contribution is 0.135. The summed E-state index contributed by atoms with van der Waals surface area (Å²) in [6.07, 6.45) is 1.90. The Kier molecular flexibility index (Phi) is 4.99. The average Bonchev–Trinajstić information content (AvgIpc) is 2.90. The molecule has 106 valence electrons. The Bertz CT molecular complexity index is 408. The van der Waals surface area contributed by atoms with Crippen molar-refractivity contribution in [1.29, 1.82) is 0 Å². The molecule has 1 aliphatic heterocycles. The number of likely N-dealkylation sites (tertiary alicyclic amines) is 1. The van der Waals surface area contributed by atoms with Crippen LogP contribution in [-0.2, 0) is 0 Å². The summed E-state index contributed by atoms with van der Waals surface area (Å²) in [6, 6.07) is 4.52. The Hall–Kier alpha value is -1.33. The molecular formula is C14H21FN2O2. The zero-order valence-corrected chi connectivity index (χ0v) is 11.2. The Balaban J connectivity index is 1.83. The van der Waals surface area contributed by atoms with Gasteiger partial charge < -0.3 is 20.1 Å². The van der Waals surface area contributed by atoms with E-state index >= 15 is 0 Å². The molecule has 0 saturated carbocycles. The molecule has 2 N–H and O–H groups in total. The van der Waals surface area contributed by atoms with E-state index in [1.54, 1.807) is 19.2 Å². The molecule has 1 unspecified atom stereocenters. The van der Waals surface area contributed by atoms with E-state index in [4.69, 9.17) is 4.74 Å². The highest BCUT2D eigenvalue weighted by atomic mass is 19.1. The summed E-state index contributed by atoms with van der Waals surface area (Å²) in [6.45, 7) is 3.06. The van der Waals surface area contributed by atoms with Crippen LogP contribution in [0.4, 0.5) is 10.1 Å². The fourth-order valence-corrected chi connectivity index (χ4v) is 2.32. The van der Waals surface area contributed by atoms with Gasteiger partial charge in [0, 0.05) is 19.2 Å². The highest BCUT2D eigenvalue weighted by Gasteiger charge is 2.16. The highest BCUT2D eigenvalue weighted by Crippen LogP contribution is 2.21. The van der Waals surface area contributed by atoms with Gasteiger partial charge in [-0.3, -0.25) is 0 Å². The summed E-state index contributed by atoms with van der Waals surface area (Å²) in [5.74, 6) is 0.257. The fraction of sp³-hybridized carbons (Fsp3) is 0.571. The van der Waals surface area contributed by atoms with E-state index in [1.165, 1.54) is 18.9 Å². The van der Waals surface area contributed by atoms with Crippen molar-refractivity contribution >= 4 is 5.69 Å². The van der Waals surface area contributed by atoms with Gasteiger partial charge in [0.25, 0.3) is 0 Å². The number of halogens is 1. The first-order chi connectivity index (χ1) is 9.19. The van der Waals surface area contributed by atoms with E-state index in [0.29, 0.717) is 24.5 Å². The Labute approximate surface area is 113 Å². The number of hydrogen-bond acceptors (Lipinski definition) is 4. The number of nitrogens with zero attached hydrogens (tertiary/aromatic N) is 1. The monoisotopic (exact) mass is 268 g/mol. The molecule has 1 atom stereocenters. The van der Waals surface area contributed by atoms with Gasteiger partial charge in [0.15, 0.2) is 0 Å². The predicted molar refractivity (Wildman–Crippen MR) is 73.1 cm³/mol. The number of hydrogen-bond donors (Lipinski definition) is 2. The van der Waals surface area contributed by atoms with Crippen LogP contribution in [0.3, 0.4) is 0 Å². The number of rotatable bonds is 6. The van der Waals surface area contributed by atoms with E-state index in [0.717, 1.165) is 13.1 Å². The third-order valence-electron chi connectivity index (χ3n) is 3.37. The summed E-state index contributed by atoms with van der Waals surface area (Å²) < 4.78 is 18.6. The van der Waals surface area contributed by atoms with Crippen LogP contribution in [0.25, 0.3) is 0 Å². The molecule has 1 aliphatic rings. The van der Waals surface area contributed by atoms with Crippen LogP contribution in [0.5, 0.6) is 5.75 Å². The van der Waals surface area contributed by atoms with Crippen molar-refractivity contribution in [2.45, 2.75) is 18.9 Å². The zero-order chi connectivity index (χ0) is 13.7. The maximum Gasteiger partial charge on any atom is 0.146 e. The second-order valence-electron chi connectivity index (χ2n) is 4.89. The third kappa shape index (κ3) is 4.08. The standard InChI is InChI=1S/C14H21FN2O2/c1-19-12-4-5-13(15)14(8-12)16-9-11(18)10-17-6-2-3-7-17/h4-5,8,11,16,18H,2-3,6-7,9-10H2,1H3. The van der Waals surface area contributed by atoms with Crippen molar-refractivity contribution in [1.82, 2.24) is 4.90 Å². The Morgan fingerprint density at radius 3 is 2.84 bits per heavy atom. The first kappa shape index (κ1) is 14.1. The topological polar surface area (TPSA) is 44.7 Å². The molecule has 0 radical (unpaired) electrons. The van der Waals surface area contributed by atoms with Crippen LogP contribution in [-0.4, -0.2) is 49.4 Å². The molecule has 0 bridgehead atoms. The fourth-order valence-electron chi connectivity index (χ4n) is 2.32. The number of aliphatic hydroxyl groups excluding tert-OH is 1. The molecule has 2 rings (SSSR count). The molecular weight excluding hydrogens is 247 g/mol. The number of nitrogens with one attached hydrogen (secondary N) is 1. The van der Waals surface area contributed by atoms with E-state index in [2.05, 4.69) is 10.2 Å². The van der Waals surface area contributed by atoms with E-state index in [1.807, 2.05) is 0 Å². The van der Waals surface area contributed by atoms with E-state index in [9.17, 15) is 9.50 Å². The van der Waals surface area contributed by atoms with Gasteiger partial charge in [-0.15, -0.1) is 0 Å². The highest BCUT2D eigenvalue weighted by molar-refractivity contribution is 5.49. The first-order valence-corrected chi connectivity index (χ1v) is 6.67. The van der Waals surface area contributed by atoms with Crippen LogP contribution in [0.15, 0.2) is 18.2 Å². The van der Waals surface area contributed by atoms with Gasteiger partial charge >= 0.3 is 0 Å². The van der Waals surface area contributed by atoms with Gasteiger partial charge in [-0.1, -0.05) is 0 Å². The summed E-state index contributed by atoms with van der Waals surface area (Å²) in [4.78, 5) is 2.23. The van der Waals surface area contributed by atoms with Crippen LogP contribution < -0.4 is 10.1 Å². The second kappa shape index (κ2) is 6.73. The molecule has 1 aromatic carbocycles. The molecule has 1 aromatic rings. The molecule has 0 spiro atoms. The SMILES string of the molecule is COc1ccc(F)c(NCC(O)CN2CCCC2)c1. The number of aliphatic hydroxyl groups is 1. The first-order valence-electron chi connectivity index (χ1n) is 6.67. The van der Waals surface area contributed by atoms with Gasteiger partial charge in [-0.05, 0) is 38.1 Å². The average molecular weight is 268 g/mol. The number of methoxy groups -OCH3 is 1. The molecule has 0 aliphatic carbocycles. The van der Waals surface area contributed by atoms with Crippen LogP contribution in [0.1, 0.15) is 12.8 Å². The lowest BCUT2D eigenvalue weighted by Gasteiger charge is -2.20. The smallest absolute Gasteiger partial charge is 0.146 e. The summed E-state index contributed by atoms with van der Waals surface area (Å²) in [7, 11) is 1.54. The zero-order valence-electron chi connectivity index (χ0n) is 11.2. The normalized spacial score (nSPS) is 17.4. The van der Waals surface area contributed by atoms with Gasteiger partial charge in [0.2, 0.25) is 0 Å². The molecule has 0 aromatic heterocycles. The van der Waals surface area contributed by atoms with Gasteiger partial charge in [0.05, 0.1) is 18.9 Å². The predicted octanol–water partition coefficient (Wildman–Crippen LogP) is 1.70. The number of ether oxygens (including phenoxy) is 1. The molecule has 1 fully saturated rings. The minimum atomic E-state index is -0.497. The van der Waals surface area contributed by atoms with Gasteiger partial charge in [-0.2, -0.15) is 0 Å². The summed E-state index contributed by atoms with van der Waals surface area (Å²) in [5.41, 5.74) is 0.361. The van der Waals surface area contributed by atoms with Crippen LogP contribution in [0, 0.1) is 5.82 Å². The molecule has 1 heterocycles.